The van der Waals surface area contributed by atoms with E-state index in [0.717, 1.165) is 5.56 Å². The molecule has 2 aromatic rings. The second-order valence-corrected chi connectivity index (χ2v) is 5.18. The Hall–Kier alpha value is -2.18. The maximum absolute atomic E-state index is 13.6. The molecular weight excluding hydrogens is 325 g/mol. The quantitative estimate of drug-likeness (QED) is 0.437. The summed E-state index contributed by atoms with van der Waals surface area (Å²) in [5.74, 6) is 0.226. The first kappa shape index (κ1) is 16.2. The number of ether oxygens (including phenoxy) is 1. The zero-order chi connectivity index (χ0) is 15.9. The number of hydrogen-bond acceptors (Lipinski definition) is 2. The summed E-state index contributed by atoms with van der Waals surface area (Å²) in [5.41, 5.74) is 9.08. The topological polar surface area (TPSA) is 61.2 Å². The minimum Gasteiger partial charge on any atom is -0.489 e. The molecular formula is C15H14ClFN3OS+. The minimum atomic E-state index is -0.384. The normalized spacial score (nSPS) is 10.6. The fraction of sp³-hybridized carbons (Fsp3) is 0.0667. The first-order chi connectivity index (χ1) is 10.6. The van der Waals surface area contributed by atoms with Crippen LogP contribution in [0.3, 0.4) is 0 Å². The number of halogens is 2. The average Bonchev–Trinajstić information content (AvgIpc) is 2.48. The van der Waals surface area contributed by atoms with Crippen molar-refractivity contribution in [2.45, 2.75) is 6.61 Å². The second-order valence-electron chi connectivity index (χ2n) is 4.34. The fourth-order valence-electron chi connectivity index (χ4n) is 1.68. The van der Waals surface area contributed by atoms with Crippen LogP contribution in [0.4, 0.5) is 4.39 Å². The van der Waals surface area contributed by atoms with Crippen LogP contribution in [0.15, 0.2) is 42.5 Å². The lowest BCUT2D eigenvalue weighted by molar-refractivity contribution is -0.499. The molecule has 0 fully saturated rings. The average molecular weight is 339 g/mol. The van der Waals surface area contributed by atoms with Gasteiger partial charge in [0.1, 0.15) is 18.2 Å². The predicted octanol–water partition coefficient (Wildman–Crippen LogP) is 1.31. The van der Waals surface area contributed by atoms with E-state index in [0.29, 0.717) is 16.3 Å². The SMILES string of the molecule is NC(=S)N[NH+]=Cc1ccc(OCc2c(F)cccc2Cl)cc1. The summed E-state index contributed by atoms with van der Waals surface area (Å²) in [7, 11) is 0. The van der Waals surface area contributed by atoms with Crippen LogP contribution in [-0.4, -0.2) is 11.3 Å². The van der Waals surface area contributed by atoms with Gasteiger partial charge in [0.05, 0.1) is 5.02 Å². The summed E-state index contributed by atoms with van der Waals surface area (Å²) in [5, 5.41) is 3.24. The number of hydrogen-bond donors (Lipinski definition) is 3. The lowest BCUT2D eigenvalue weighted by Crippen LogP contribution is -2.82. The van der Waals surface area contributed by atoms with E-state index in [2.05, 4.69) is 22.7 Å². The van der Waals surface area contributed by atoms with Crippen LogP contribution in [0.2, 0.25) is 5.02 Å². The van der Waals surface area contributed by atoms with Gasteiger partial charge < -0.3 is 10.5 Å². The van der Waals surface area contributed by atoms with Gasteiger partial charge in [-0.25, -0.2) is 4.39 Å². The Morgan fingerprint density at radius 3 is 2.68 bits per heavy atom. The Morgan fingerprint density at radius 1 is 1.32 bits per heavy atom. The van der Waals surface area contributed by atoms with Crippen molar-refractivity contribution in [1.29, 1.82) is 0 Å². The Bertz CT molecular complexity index is 671. The van der Waals surface area contributed by atoms with Gasteiger partial charge in [0, 0.05) is 11.1 Å². The zero-order valence-electron chi connectivity index (χ0n) is 11.5. The first-order valence-corrected chi connectivity index (χ1v) is 7.15. The lowest BCUT2D eigenvalue weighted by Gasteiger charge is -2.08. The standard InChI is InChI=1S/C15H13ClFN3OS/c16-13-2-1-3-14(17)12(13)9-21-11-6-4-10(5-7-11)8-19-20-15(18)22/h1-8H,9H2,(H3,18,20,22)/p+1. The number of benzene rings is 2. The van der Waals surface area contributed by atoms with Gasteiger partial charge in [0.15, 0.2) is 6.21 Å². The third kappa shape index (κ3) is 4.68. The Morgan fingerprint density at radius 2 is 2.05 bits per heavy atom. The van der Waals surface area contributed by atoms with Crippen LogP contribution >= 0.6 is 23.8 Å². The molecule has 2 aromatic carbocycles. The zero-order valence-corrected chi connectivity index (χ0v) is 13.0. The van der Waals surface area contributed by atoms with Crippen LogP contribution in [0, 0.1) is 5.82 Å². The molecule has 0 amide bonds. The monoisotopic (exact) mass is 338 g/mol. The highest BCUT2D eigenvalue weighted by Gasteiger charge is 2.07. The third-order valence-corrected chi connectivity index (χ3v) is 3.22. The molecule has 0 aliphatic heterocycles. The largest absolute Gasteiger partial charge is 0.489 e. The van der Waals surface area contributed by atoms with Crippen molar-refractivity contribution in [3.8, 4) is 5.75 Å². The van der Waals surface area contributed by atoms with Gasteiger partial charge in [0.25, 0.3) is 0 Å². The highest BCUT2D eigenvalue weighted by molar-refractivity contribution is 7.80. The van der Waals surface area contributed by atoms with Crippen LogP contribution in [-0.2, 0) is 6.61 Å². The second kappa shape index (κ2) is 7.72. The summed E-state index contributed by atoms with van der Waals surface area (Å²) in [4.78, 5) is 0. The fourth-order valence-corrected chi connectivity index (χ4v) is 1.95. The van der Waals surface area contributed by atoms with Crippen molar-refractivity contribution in [2.24, 2.45) is 5.73 Å². The van der Waals surface area contributed by atoms with Gasteiger partial charge in [-0.3, -0.25) is 0 Å². The van der Waals surface area contributed by atoms with E-state index in [9.17, 15) is 4.39 Å². The van der Waals surface area contributed by atoms with E-state index in [4.69, 9.17) is 22.1 Å². The highest BCUT2D eigenvalue weighted by atomic mass is 35.5. The molecule has 0 saturated heterocycles. The van der Waals surface area contributed by atoms with E-state index >= 15 is 0 Å². The molecule has 0 spiro atoms. The summed E-state index contributed by atoms with van der Waals surface area (Å²) < 4.78 is 19.2. The van der Waals surface area contributed by atoms with E-state index in [1.807, 2.05) is 12.1 Å². The molecule has 0 bridgehead atoms. The molecule has 0 atom stereocenters. The van der Waals surface area contributed by atoms with Crippen molar-refractivity contribution >= 4 is 35.1 Å². The van der Waals surface area contributed by atoms with Gasteiger partial charge in [0.2, 0.25) is 5.11 Å². The van der Waals surface area contributed by atoms with Crippen LogP contribution in [0.25, 0.3) is 0 Å². The predicted molar refractivity (Wildman–Crippen MR) is 88.2 cm³/mol. The van der Waals surface area contributed by atoms with Gasteiger partial charge in [-0.2, -0.15) is 0 Å². The summed E-state index contributed by atoms with van der Waals surface area (Å²) >= 11 is 10.6. The molecule has 4 nitrogen and oxygen atoms in total. The Balaban J connectivity index is 1.97. The minimum absolute atomic E-state index is 0.0653. The van der Waals surface area contributed by atoms with E-state index in [1.165, 1.54) is 6.07 Å². The molecule has 2 rings (SSSR count). The van der Waals surface area contributed by atoms with Crippen molar-refractivity contribution in [2.75, 3.05) is 0 Å². The van der Waals surface area contributed by atoms with Crippen molar-refractivity contribution < 1.29 is 14.2 Å². The van der Waals surface area contributed by atoms with Crippen molar-refractivity contribution in [1.82, 2.24) is 5.43 Å². The molecule has 22 heavy (non-hydrogen) atoms. The summed E-state index contributed by atoms with van der Waals surface area (Å²) in [6.45, 7) is 0.0653. The third-order valence-electron chi connectivity index (χ3n) is 2.76. The molecule has 0 saturated carbocycles. The van der Waals surface area contributed by atoms with E-state index in [-0.39, 0.29) is 17.5 Å². The van der Waals surface area contributed by atoms with Crippen molar-refractivity contribution in [3.63, 3.8) is 0 Å². The van der Waals surface area contributed by atoms with Gasteiger partial charge in [-0.15, -0.1) is 10.5 Å². The number of rotatable bonds is 5. The van der Waals surface area contributed by atoms with Crippen molar-refractivity contribution in [3.05, 3.63) is 64.4 Å². The molecule has 0 heterocycles. The molecule has 7 heteroatoms. The lowest BCUT2D eigenvalue weighted by atomic mass is 10.2. The van der Waals surface area contributed by atoms with Crippen LogP contribution < -0.4 is 21.0 Å². The van der Waals surface area contributed by atoms with E-state index in [1.54, 1.807) is 30.5 Å². The van der Waals surface area contributed by atoms with Gasteiger partial charge in [-0.1, -0.05) is 17.7 Å². The first-order valence-electron chi connectivity index (χ1n) is 6.36. The summed E-state index contributed by atoms with van der Waals surface area (Å²) in [6.07, 6.45) is 1.69. The molecule has 114 valence electrons. The van der Waals surface area contributed by atoms with E-state index < -0.39 is 0 Å². The number of thiocarbonyl (C=S) groups is 1. The Labute approximate surface area is 137 Å². The molecule has 0 unspecified atom stereocenters. The number of nitrogens with two attached hydrogens (primary N) is 1. The van der Waals surface area contributed by atoms with Gasteiger partial charge >= 0.3 is 0 Å². The molecule has 0 aliphatic carbocycles. The number of hydrazine groups is 1. The number of hydrazone groups is 1. The number of nitrogens with one attached hydrogen (secondary N) is 2. The molecule has 4 N–H and O–H groups in total. The van der Waals surface area contributed by atoms with Crippen LogP contribution in [0.5, 0.6) is 5.75 Å². The molecule has 0 aromatic heterocycles. The molecule has 0 radical (unpaired) electrons. The highest BCUT2D eigenvalue weighted by Crippen LogP contribution is 2.21. The van der Waals surface area contributed by atoms with Gasteiger partial charge in [-0.05, 0) is 48.6 Å². The smallest absolute Gasteiger partial charge is 0.221 e. The molecule has 0 aliphatic rings. The maximum atomic E-state index is 13.6. The maximum Gasteiger partial charge on any atom is 0.221 e. The van der Waals surface area contributed by atoms with Crippen LogP contribution in [0.1, 0.15) is 11.1 Å². The summed E-state index contributed by atoms with van der Waals surface area (Å²) in [6, 6.07) is 11.7. The Kier molecular flexibility index (Phi) is 5.68.